The molecule has 6 nitrogen and oxygen atoms in total. The van der Waals surface area contributed by atoms with Crippen LogP contribution in [0.1, 0.15) is 10.4 Å². The SMILES string of the molecule is CN1CCN(C(=O)c2cccnc2)CC1.COC=O. The summed E-state index contributed by atoms with van der Waals surface area (Å²) in [6.07, 6.45) is 3.31. The van der Waals surface area contributed by atoms with Gasteiger partial charge >= 0.3 is 0 Å². The Hall–Kier alpha value is -1.95. The van der Waals surface area contributed by atoms with Gasteiger partial charge in [-0.3, -0.25) is 14.6 Å². The second-order valence-electron chi connectivity index (χ2n) is 4.17. The van der Waals surface area contributed by atoms with E-state index in [0.717, 1.165) is 26.2 Å². The van der Waals surface area contributed by atoms with Crippen LogP contribution < -0.4 is 0 Å². The number of hydrogen-bond donors (Lipinski definition) is 0. The second kappa shape index (κ2) is 8.20. The average molecular weight is 265 g/mol. The maximum atomic E-state index is 12.0. The van der Waals surface area contributed by atoms with Gasteiger partial charge in [0, 0.05) is 38.6 Å². The van der Waals surface area contributed by atoms with Gasteiger partial charge in [0.25, 0.3) is 12.4 Å². The number of carbonyl (C=O) groups excluding carboxylic acids is 2. The second-order valence-corrected chi connectivity index (χ2v) is 4.17. The number of methoxy groups -OCH3 is 1. The third-order valence-electron chi connectivity index (χ3n) is 2.80. The molecule has 0 aliphatic carbocycles. The minimum absolute atomic E-state index is 0.0937. The summed E-state index contributed by atoms with van der Waals surface area (Å²) in [6.45, 7) is 3.90. The molecule has 0 aromatic carbocycles. The lowest BCUT2D eigenvalue weighted by Crippen LogP contribution is -2.47. The molecular formula is C13H19N3O3. The Morgan fingerprint density at radius 3 is 2.47 bits per heavy atom. The summed E-state index contributed by atoms with van der Waals surface area (Å²) in [7, 11) is 3.39. The van der Waals surface area contributed by atoms with Crippen LogP contribution in [0.2, 0.25) is 0 Å². The molecule has 0 saturated carbocycles. The predicted molar refractivity (Wildman–Crippen MR) is 70.7 cm³/mol. The van der Waals surface area contributed by atoms with Crippen molar-refractivity contribution in [2.24, 2.45) is 0 Å². The largest absolute Gasteiger partial charge is 0.471 e. The first-order chi connectivity index (χ1) is 9.19. The zero-order chi connectivity index (χ0) is 14.1. The van der Waals surface area contributed by atoms with E-state index in [1.807, 2.05) is 11.0 Å². The third kappa shape index (κ3) is 5.05. The predicted octanol–water partition coefficient (Wildman–Crippen LogP) is 0.258. The van der Waals surface area contributed by atoms with Crippen molar-refractivity contribution in [3.8, 4) is 0 Å². The molecule has 1 aromatic rings. The van der Waals surface area contributed by atoms with Crippen LogP contribution in [-0.4, -0.2) is 67.5 Å². The Balaban J connectivity index is 0.000000399. The average Bonchev–Trinajstić information content (AvgIpc) is 2.48. The van der Waals surface area contributed by atoms with Gasteiger partial charge < -0.3 is 14.5 Å². The van der Waals surface area contributed by atoms with Gasteiger partial charge in [0.15, 0.2) is 0 Å². The third-order valence-corrected chi connectivity index (χ3v) is 2.80. The Labute approximate surface area is 113 Å². The number of likely N-dealkylation sites (N-methyl/N-ethyl adjacent to an activating group) is 1. The van der Waals surface area contributed by atoms with Crippen LogP contribution in [0.25, 0.3) is 0 Å². The fourth-order valence-electron chi connectivity index (χ4n) is 1.68. The summed E-state index contributed by atoms with van der Waals surface area (Å²) in [6, 6.07) is 3.61. The van der Waals surface area contributed by atoms with Gasteiger partial charge in [-0.1, -0.05) is 0 Å². The van der Waals surface area contributed by atoms with Crippen molar-refractivity contribution in [2.75, 3.05) is 40.3 Å². The molecule has 1 aromatic heterocycles. The van der Waals surface area contributed by atoms with Gasteiger partial charge in [0.05, 0.1) is 12.7 Å². The van der Waals surface area contributed by atoms with E-state index in [2.05, 4.69) is 21.7 Å². The molecule has 1 fully saturated rings. The number of ether oxygens (including phenoxy) is 1. The lowest BCUT2D eigenvalue weighted by atomic mass is 10.2. The van der Waals surface area contributed by atoms with Crippen molar-refractivity contribution in [3.05, 3.63) is 30.1 Å². The van der Waals surface area contributed by atoms with Crippen LogP contribution in [-0.2, 0) is 9.53 Å². The highest BCUT2D eigenvalue weighted by molar-refractivity contribution is 5.93. The molecule has 1 aliphatic rings. The summed E-state index contributed by atoms with van der Waals surface area (Å²) < 4.78 is 3.86. The van der Waals surface area contributed by atoms with Gasteiger partial charge in [-0.15, -0.1) is 0 Å². The van der Waals surface area contributed by atoms with Crippen LogP contribution in [0.3, 0.4) is 0 Å². The van der Waals surface area contributed by atoms with E-state index in [0.29, 0.717) is 12.0 Å². The fourth-order valence-corrected chi connectivity index (χ4v) is 1.68. The number of rotatable bonds is 2. The fraction of sp³-hybridized carbons (Fsp3) is 0.462. The van der Waals surface area contributed by atoms with E-state index >= 15 is 0 Å². The topological polar surface area (TPSA) is 62.7 Å². The molecule has 2 rings (SSSR count). The number of nitrogens with zero attached hydrogens (tertiary/aromatic N) is 3. The van der Waals surface area contributed by atoms with E-state index in [4.69, 9.17) is 4.79 Å². The lowest BCUT2D eigenvalue weighted by molar-refractivity contribution is -0.126. The number of pyridine rings is 1. The van der Waals surface area contributed by atoms with Crippen molar-refractivity contribution in [1.82, 2.24) is 14.8 Å². The van der Waals surface area contributed by atoms with Crippen LogP contribution in [0.15, 0.2) is 24.5 Å². The smallest absolute Gasteiger partial charge is 0.292 e. The van der Waals surface area contributed by atoms with E-state index in [1.165, 1.54) is 7.11 Å². The van der Waals surface area contributed by atoms with E-state index in [9.17, 15) is 4.79 Å². The maximum Gasteiger partial charge on any atom is 0.292 e. The standard InChI is InChI=1S/C11H15N3O.C2H4O2/c1-13-5-7-14(8-6-13)11(15)10-3-2-4-12-9-10;1-4-2-3/h2-4,9H,5-8H2,1H3;2H,1H3. The van der Waals surface area contributed by atoms with Gasteiger partial charge in [-0.2, -0.15) is 0 Å². The maximum absolute atomic E-state index is 12.0. The van der Waals surface area contributed by atoms with E-state index < -0.39 is 0 Å². The molecular weight excluding hydrogens is 246 g/mol. The van der Waals surface area contributed by atoms with Gasteiger partial charge in [0.2, 0.25) is 0 Å². The van der Waals surface area contributed by atoms with Crippen molar-refractivity contribution in [2.45, 2.75) is 0 Å². The molecule has 0 N–H and O–H groups in total. The Morgan fingerprint density at radius 1 is 1.37 bits per heavy atom. The molecule has 0 bridgehead atoms. The van der Waals surface area contributed by atoms with Crippen LogP contribution in [0, 0.1) is 0 Å². The van der Waals surface area contributed by atoms with Gasteiger partial charge in [-0.25, -0.2) is 0 Å². The summed E-state index contributed by atoms with van der Waals surface area (Å²) in [5.41, 5.74) is 0.682. The Kier molecular flexibility index (Phi) is 6.52. The summed E-state index contributed by atoms with van der Waals surface area (Å²) >= 11 is 0. The van der Waals surface area contributed by atoms with Gasteiger partial charge in [-0.05, 0) is 19.2 Å². The van der Waals surface area contributed by atoms with Crippen LogP contribution >= 0.6 is 0 Å². The molecule has 104 valence electrons. The highest BCUT2D eigenvalue weighted by atomic mass is 16.5. The number of amides is 1. The number of aromatic nitrogens is 1. The quantitative estimate of drug-likeness (QED) is 0.718. The van der Waals surface area contributed by atoms with E-state index in [-0.39, 0.29) is 5.91 Å². The molecule has 1 amide bonds. The molecule has 0 spiro atoms. The molecule has 0 atom stereocenters. The molecule has 6 heteroatoms. The molecule has 0 unspecified atom stereocenters. The van der Waals surface area contributed by atoms with Crippen molar-refractivity contribution >= 4 is 12.4 Å². The molecule has 19 heavy (non-hydrogen) atoms. The Bertz CT molecular complexity index is 389. The number of piperazine rings is 1. The Morgan fingerprint density at radius 2 is 2.00 bits per heavy atom. The van der Waals surface area contributed by atoms with E-state index in [1.54, 1.807) is 18.5 Å². The molecule has 0 radical (unpaired) electrons. The van der Waals surface area contributed by atoms with Crippen molar-refractivity contribution in [3.63, 3.8) is 0 Å². The van der Waals surface area contributed by atoms with Crippen LogP contribution in [0.5, 0.6) is 0 Å². The lowest BCUT2D eigenvalue weighted by Gasteiger charge is -2.32. The monoisotopic (exact) mass is 265 g/mol. The normalized spacial score (nSPS) is 15.2. The minimum Gasteiger partial charge on any atom is -0.471 e. The number of carbonyl (C=O) groups is 2. The zero-order valence-corrected chi connectivity index (χ0v) is 11.3. The first-order valence-corrected chi connectivity index (χ1v) is 6.03. The summed E-state index contributed by atoms with van der Waals surface area (Å²) in [5, 5.41) is 0. The summed E-state index contributed by atoms with van der Waals surface area (Å²) in [4.78, 5) is 29.0. The highest BCUT2D eigenvalue weighted by Crippen LogP contribution is 2.06. The first-order valence-electron chi connectivity index (χ1n) is 6.03. The summed E-state index contributed by atoms with van der Waals surface area (Å²) in [5.74, 6) is 0.0937. The number of hydrogen-bond acceptors (Lipinski definition) is 5. The molecule has 1 saturated heterocycles. The molecule has 1 aliphatic heterocycles. The first kappa shape index (κ1) is 15.1. The van der Waals surface area contributed by atoms with Crippen molar-refractivity contribution < 1.29 is 14.3 Å². The zero-order valence-electron chi connectivity index (χ0n) is 11.3. The molecule has 2 heterocycles. The highest BCUT2D eigenvalue weighted by Gasteiger charge is 2.19. The van der Waals surface area contributed by atoms with Crippen LogP contribution in [0.4, 0.5) is 0 Å². The minimum atomic E-state index is 0.0937. The van der Waals surface area contributed by atoms with Gasteiger partial charge in [0.1, 0.15) is 0 Å². The van der Waals surface area contributed by atoms with Crippen molar-refractivity contribution in [1.29, 1.82) is 0 Å².